The van der Waals surface area contributed by atoms with Crippen LogP contribution in [0.2, 0.25) is 0 Å². The number of nitrogens with zero attached hydrogens (tertiary/aromatic N) is 1. The smallest absolute Gasteiger partial charge is 0.225 e. The van der Waals surface area contributed by atoms with Crippen LogP contribution in [-0.4, -0.2) is 43.2 Å². The van der Waals surface area contributed by atoms with E-state index in [0.29, 0.717) is 6.04 Å². The van der Waals surface area contributed by atoms with Crippen LogP contribution in [-0.2, 0) is 14.4 Å². The van der Waals surface area contributed by atoms with Crippen molar-refractivity contribution in [2.24, 2.45) is 11.8 Å². The third kappa shape index (κ3) is 3.22. The predicted molar refractivity (Wildman–Crippen MR) is 67.6 cm³/mol. The molecule has 0 aromatic heterocycles. The SMILES string of the molecule is CN(C(=O)C1CCOCC1)C1CCC(ON)CC1. The number of carbonyl (C=O) groups is 1. The third-order valence-electron chi connectivity index (χ3n) is 4.30. The molecule has 2 rings (SSSR count). The molecule has 0 unspecified atom stereocenters. The molecule has 0 aromatic rings. The fraction of sp³-hybridized carbons (Fsp3) is 0.923. The topological polar surface area (TPSA) is 64.8 Å². The predicted octanol–water partition coefficient (Wildman–Crippen LogP) is 1.07. The van der Waals surface area contributed by atoms with Gasteiger partial charge in [0.25, 0.3) is 0 Å². The number of carbonyl (C=O) groups excluding carboxylic acids is 1. The van der Waals surface area contributed by atoms with E-state index >= 15 is 0 Å². The Bertz CT molecular complexity index is 271. The molecule has 0 radical (unpaired) electrons. The molecule has 2 aliphatic rings. The summed E-state index contributed by atoms with van der Waals surface area (Å²) in [4.78, 5) is 19.2. The highest BCUT2D eigenvalue weighted by atomic mass is 16.6. The van der Waals surface area contributed by atoms with Gasteiger partial charge in [0.1, 0.15) is 0 Å². The van der Waals surface area contributed by atoms with Gasteiger partial charge in [-0.25, -0.2) is 5.90 Å². The Kier molecular flexibility index (Phi) is 4.97. The highest BCUT2D eigenvalue weighted by molar-refractivity contribution is 5.79. The van der Waals surface area contributed by atoms with Crippen LogP contribution in [0.1, 0.15) is 38.5 Å². The zero-order valence-corrected chi connectivity index (χ0v) is 11.1. The molecule has 2 N–H and O–H groups in total. The van der Waals surface area contributed by atoms with Gasteiger partial charge in [0, 0.05) is 32.2 Å². The van der Waals surface area contributed by atoms with E-state index in [1.54, 1.807) is 0 Å². The van der Waals surface area contributed by atoms with Crippen LogP contribution in [0.4, 0.5) is 0 Å². The number of rotatable bonds is 3. The molecule has 1 amide bonds. The Morgan fingerprint density at radius 1 is 1.17 bits per heavy atom. The number of ether oxygens (including phenoxy) is 1. The summed E-state index contributed by atoms with van der Waals surface area (Å²) in [5.41, 5.74) is 0. The van der Waals surface area contributed by atoms with Gasteiger partial charge in [0.15, 0.2) is 0 Å². The molecule has 1 saturated carbocycles. The molecule has 2 fully saturated rings. The molecule has 1 aliphatic heterocycles. The molecule has 0 spiro atoms. The summed E-state index contributed by atoms with van der Waals surface area (Å²) in [6.07, 6.45) is 5.79. The normalized spacial score (nSPS) is 30.1. The quantitative estimate of drug-likeness (QED) is 0.767. The zero-order chi connectivity index (χ0) is 13.0. The summed E-state index contributed by atoms with van der Waals surface area (Å²) in [5.74, 6) is 5.65. The Morgan fingerprint density at radius 2 is 1.78 bits per heavy atom. The van der Waals surface area contributed by atoms with Crippen LogP contribution < -0.4 is 5.90 Å². The molecule has 5 nitrogen and oxygen atoms in total. The Hall–Kier alpha value is -0.650. The van der Waals surface area contributed by atoms with Crippen LogP contribution >= 0.6 is 0 Å². The minimum Gasteiger partial charge on any atom is -0.381 e. The first-order valence-corrected chi connectivity index (χ1v) is 6.92. The lowest BCUT2D eigenvalue weighted by atomic mass is 9.90. The second kappa shape index (κ2) is 6.50. The fourth-order valence-electron chi connectivity index (χ4n) is 2.98. The Labute approximate surface area is 109 Å². The summed E-state index contributed by atoms with van der Waals surface area (Å²) >= 11 is 0. The Balaban J connectivity index is 1.83. The van der Waals surface area contributed by atoms with Gasteiger partial charge in [-0.2, -0.15) is 0 Å². The van der Waals surface area contributed by atoms with Crippen molar-refractivity contribution in [1.82, 2.24) is 4.90 Å². The number of hydrogen-bond acceptors (Lipinski definition) is 4. The van der Waals surface area contributed by atoms with Crippen molar-refractivity contribution in [3.05, 3.63) is 0 Å². The van der Waals surface area contributed by atoms with Crippen molar-refractivity contribution in [2.75, 3.05) is 20.3 Å². The maximum Gasteiger partial charge on any atom is 0.225 e. The van der Waals surface area contributed by atoms with Crippen LogP contribution in [0.5, 0.6) is 0 Å². The van der Waals surface area contributed by atoms with Gasteiger partial charge in [-0.05, 0) is 38.5 Å². The minimum absolute atomic E-state index is 0.159. The maximum absolute atomic E-state index is 12.4. The molecule has 1 saturated heterocycles. The molecule has 5 heteroatoms. The van der Waals surface area contributed by atoms with E-state index < -0.39 is 0 Å². The molecule has 1 aliphatic carbocycles. The van der Waals surface area contributed by atoms with Crippen LogP contribution in [0.3, 0.4) is 0 Å². The largest absolute Gasteiger partial charge is 0.381 e. The van der Waals surface area contributed by atoms with Crippen LogP contribution in [0.15, 0.2) is 0 Å². The van der Waals surface area contributed by atoms with Gasteiger partial charge < -0.3 is 14.5 Å². The fourth-order valence-corrected chi connectivity index (χ4v) is 2.98. The van der Waals surface area contributed by atoms with Gasteiger partial charge in [0.05, 0.1) is 6.10 Å². The van der Waals surface area contributed by atoms with Crippen LogP contribution in [0, 0.1) is 5.92 Å². The molecule has 0 bridgehead atoms. The molecule has 0 atom stereocenters. The van der Waals surface area contributed by atoms with E-state index in [0.717, 1.165) is 51.7 Å². The van der Waals surface area contributed by atoms with E-state index in [4.69, 9.17) is 15.5 Å². The van der Waals surface area contributed by atoms with Crippen molar-refractivity contribution in [3.8, 4) is 0 Å². The first kappa shape index (κ1) is 13.8. The van der Waals surface area contributed by atoms with Crippen molar-refractivity contribution >= 4 is 5.91 Å². The lowest BCUT2D eigenvalue weighted by molar-refractivity contribution is -0.140. The van der Waals surface area contributed by atoms with E-state index in [2.05, 4.69) is 0 Å². The summed E-state index contributed by atoms with van der Waals surface area (Å²) in [5, 5.41) is 0. The highest BCUT2D eigenvalue weighted by Crippen LogP contribution is 2.26. The van der Waals surface area contributed by atoms with E-state index in [1.807, 2.05) is 11.9 Å². The van der Waals surface area contributed by atoms with Crippen molar-refractivity contribution < 1.29 is 14.4 Å². The van der Waals surface area contributed by atoms with Crippen molar-refractivity contribution in [1.29, 1.82) is 0 Å². The number of hydrogen-bond donors (Lipinski definition) is 1. The first-order chi connectivity index (χ1) is 8.72. The van der Waals surface area contributed by atoms with E-state index in [9.17, 15) is 4.79 Å². The number of amides is 1. The van der Waals surface area contributed by atoms with Gasteiger partial charge in [-0.1, -0.05) is 0 Å². The van der Waals surface area contributed by atoms with Gasteiger partial charge in [0.2, 0.25) is 5.91 Å². The third-order valence-corrected chi connectivity index (χ3v) is 4.30. The second-order valence-electron chi connectivity index (χ2n) is 5.40. The average molecular weight is 256 g/mol. The average Bonchev–Trinajstić information content (AvgIpc) is 2.47. The Morgan fingerprint density at radius 3 is 2.33 bits per heavy atom. The van der Waals surface area contributed by atoms with Crippen LogP contribution in [0.25, 0.3) is 0 Å². The lowest BCUT2D eigenvalue weighted by Gasteiger charge is -2.36. The summed E-state index contributed by atoms with van der Waals surface area (Å²) in [6.45, 7) is 1.44. The monoisotopic (exact) mass is 256 g/mol. The first-order valence-electron chi connectivity index (χ1n) is 6.92. The molecule has 1 heterocycles. The van der Waals surface area contributed by atoms with E-state index in [-0.39, 0.29) is 17.9 Å². The molecule has 18 heavy (non-hydrogen) atoms. The van der Waals surface area contributed by atoms with Gasteiger partial charge >= 0.3 is 0 Å². The zero-order valence-electron chi connectivity index (χ0n) is 11.1. The maximum atomic E-state index is 12.4. The second-order valence-corrected chi connectivity index (χ2v) is 5.40. The standard InChI is InChI=1S/C13H24N2O3/c1-15(11-2-4-12(18-14)5-3-11)13(16)10-6-8-17-9-7-10/h10-12H,2-9,14H2,1H3. The highest BCUT2D eigenvalue weighted by Gasteiger charge is 2.31. The molecular formula is C13H24N2O3. The van der Waals surface area contributed by atoms with Crippen molar-refractivity contribution in [3.63, 3.8) is 0 Å². The molecule has 104 valence electrons. The van der Waals surface area contributed by atoms with Gasteiger partial charge in [-0.15, -0.1) is 0 Å². The summed E-state index contributed by atoms with van der Waals surface area (Å²) < 4.78 is 5.30. The van der Waals surface area contributed by atoms with Gasteiger partial charge in [-0.3, -0.25) is 4.79 Å². The summed E-state index contributed by atoms with van der Waals surface area (Å²) in [7, 11) is 1.94. The molecular weight excluding hydrogens is 232 g/mol. The lowest BCUT2D eigenvalue weighted by Crippen LogP contribution is -2.44. The number of nitrogens with two attached hydrogens (primary N) is 1. The van der Waals surface area contributed by atoms with E-state index in [1.165, 1.54) is 0 Å². The molecule has 0 aromatic carbocycles. The van der Waals surface area contributed by atoms with Crippen molar-refractivity contribution in [2.45, 2.75) is 50.7 Å². The summed E-state index contributed by atoms with van der Waals surface area (Å²) in [6, 6.07) is 0.353. The minimum atomic E-state index is 0.159.